The Morgan fingerprint density at radius 3 is 1.82 bits per heavy atom. The van der Waals surface area contributed by atoms with Gasteiger partial charge in [-0.15, -0.1) is 0 Å². The van der Waals surface area contributed by atoms with E-state index in [-0.39, 0.29) is 5.24 Å². The lowest BCUT2D eigenvalue weighted by atomic mass is 10.1. The average molecular weight is 249 g/mol. The molecular weight excluding hydrogens is 236 g/mol. The standard InChI is InChI=1S/C12H10O.C2H3ClO/c13-12-8-6-11(7-9-12)10-4-2-1-3-5-10;1-2(3)4/h1-9,13H;1H3. The third-order valence-electron chi connectivity index (χ3n) is 1.97. The normalized spacial score (nSPS) is 9.06. The molecule has 0 heterocycles. The largest absolute Gasteiger partial charge is 0.508 e. The number of hydrogen-bond acceptors (Lipinski definition) is 2. The van der Waals surface area contributed by atoms with Crippen molar-refractivity contribution in [2.75, 3.05) is 0 Å². The summed E-state index contributed by atoms with van der Waals surface area (Å²) < 4.78 is 0. The maximum absolute atomic E-state index is 9.21. The molecule has 3 heteroatoms. The van der Waals surface area contributed by atoms with Crippen molar-refractivity contribution in [1.82, 2.24) is 0 Å². The predicted octanol–water partition coefficient (Wildman–Crippen LogP) is 3.83. The molecule has 0 saturated heterocycles. The van der Waals surface area contributed by atoms with E-state index in [1.165, 1.54) is 12.5 Å². The van der Waals surface area contributed by atoms with Gasteiger partial charge in [-0.25, -0.2) is 0 Å². The second-order valence-electron chi connectivity index (χ2n) is 3.38. The SMILES string of the molecule is CC(=O)Cl.Oc1ccc(-c2ccccc2)cc1. The molecule has 0 unspecified atom stereocenters. The van der Waals surface area contributed by atoms with Crippen LogP contribution in [-0.2, 0) is 4.79 Å². The van der Waals surface area contributed by atoms with E-state index in [4.69, 9.17) is 5.11 Å². The van der Waals surface area contributed by atoms with Crippen LogP contribution in [0, 0.1) is 0 Å². The molecule has 17 heavy (non-hydrogen) atoms. The van der Waals surface area contributed by atoms with Crippen LogP contribution in [0.2, 0.25) is 0 Å². The molecule has 0 aromatic heterocycles. The zero-order chi connectivity index (χ0) is 12.7. The van der Waals surface area contributed by atoms with Crippen LogP contribution in [-0.4, -0.2) is 10.3 Å². The Hall–Kier alpha value is -1.80. The number of rotatable bonds is 1. The molecule has 88 valence electrons. The lowest BCUT2D eigenvalue weighted by Gasteiger charge is -2.00. The third-order valence-corrected chi connectivity index (χ3v) is 1.97. The van der Waals surface area contributed by atoms with Gasteiger partial charge < -0.3 is 5.11 Å². The quantitative estimate of drug-likeness (QED) is 0.779. The van der Waals surface area contributed by atoms with E-state index in [2.05, 4.69) is 11.6 Å². The van der Waals surface area contributed by atoms with Gasteiger partial charge in [0.1, 0.15) is 5.75 Å². The van der Waals surface area contributed by atoms with Crippen molar-refractivity contribution in [3.8, 4) is 16.9 Å². The first-order valence-electron chi connectivity index (χ1n) is 5.10. The first-order valence-corrected chi connectivity index (χ1v) is 5.48. The summed E-state index contributed by atoms with van der Waals surface area (Å²) >= 11 is 4.64. The van der Waals surface area contributed by atoms with Gasteiger partial charge in [-0.05, 0) is 34.9 Å². The van der Waals surface area contributed by atoms with E-state index < -0.39 is 0 Å². The minimum absolute atomic E-state index is 0.305. The molecule has 2 nitrogen and oxygen atoms in total. The van der Waals surface area contributed by atoms with E-state index >= 15 is 0 Å². The molecular formula is C14H13ClO2. The summed E-state index contributed by atoms with van der Waals surface area (Å²) in [6.07, 6.45) is 0. The van der Waals surface area contributed by atoms with Crippen molar-refractivity contribution >= 4 is 16.8 Å². The molecule has 0 amide bonds. The second kappa shape index (κ2) is 6.71. The molecule has 0 aliphatic heterocycles. The highest BCUT2D eigenvalue weighted by atomic mass is 35.5. The van der Waals surface area contributed by atoms with Gasteiger partial charge in [-0.1, -0.05) is 42.5 Å². The summed E-state index contributed by atoms with van der Waals surface area (Å²) in [5, 5.41) is 8.74. The summed E-state index contributed by atoms with van der Waals surface area (Å²) in [5.74, 6) is 0.305. The smallest absolute Gasteiger partial charge is 0.218 e. The van der Waals surface area contributed by atoms with Crippen molar-refractivity contribution < 1.29 is 9.90 Å². The Balaban J connectivity index is 0.000000317. The maximum Gasteiger partial charge on any atom is 0.218 e. The van der Waals surface area contributed by atoms with Gasteiger partial charge in [0.25, 0.3) is 0 Å². The summed E-state index contributed by atoms with van der Waals surface area (Å²) in [6, 6.07) is 17.3. The Kier molecular flexibility index (Phi) is 5.24. The van der Waals surface area contributed by atoms with Crippen LogP contribution in [0.1, 0.15) is 6.92 Å². The van der Waals surface area contributed by atoms with Crippen LogP contribution in [0.15, 0.2) is 54.6 Å². The van der Waals surface area contributed by atoms with Gasteiger partial charge in [0.2, 0.25) is 5.24 Å². The molecule has 2 aromatic carbocycles. The van der Waals surface area contributed by atoms with Gasteiger partial charge in [0.15, 0.2) is 0 Å². The van der Waals surface area contributed by atoms with Gasteiger partial charge in [-0.3, -0.25) is 4.79 Å². The first-order chi connectivity index (χ1) is 8.09. The summed E-state index contributed by atoms with van der Waals surface area (Å²) in [5.41, 5.74) is 2.29. The fourth-order valence-electron chi connectivity index (χ4n) is 1.28. The van der Waals surface area contributed by atoms with Crippen LogP contribution in [0.3, 0.4) is 0 Å². The number of aromatic hydroxyl groups is 1. The van der Waals surface area contributed by atoms with Crippen LogP contribution in [0.4, 0.5) is 0 Å². The second-order valence-corrected chi connectivity index (χ2v) is 3.92. The van der Waals surface area contributed by atoms with E-state index in [0.29, 0.717) is 5.75 Å². The van der Waals surface area contributed by atoms with Crippen molar-refractivity contribution in [1.29, 1.82) is 0 Å². The van der Waals surface area contributed by atoms with E-state index in [0.717, 1.165) is 5.56 Å². The Labute approximate surface area is 105 Å². The number of halogens is 1. The molecule has 0 aliphatic carbocycles. The molecule has 0 aliphatic rings. The molecule has 0 saturated carbocycles. The van der Waals surface area contributed by atoms with E-state index in [1.807, 2.05) is 42.5 Å². The molecule has 0 fully saturated rings. The van der Waals surface area contributed by atoms with Crippen LogP contribution in [0.25, 0.3) is 11.1 Å². The minimum atomic E-state index is -0.361. The highest BCUT2D eigenvalue weighted by molar-refractivity contribution is 6.62. The van der Waals surface area contributed by atoms with Crippen molar-refractivity contribution in [3.63, 3.8) is 0 Å². The van der Waals surface area contributed by atoms with Crippen molar-refractivity contribution in [2.24, 2.45) is 0 Å². The van der Waals surface area contributed by atoms with Crippen LogP contribution >= 0.6 is 11.6 Å². The topological polar surface area (TPSA) is 37.3 Å². The van der Waals surface area contributed by atoms with Gasteiger partial charge >= 0.3 is 0 Å². The van der Waals surface area contributed by atoms with Crippen molar-refractivity contribution in [3.05, 3.63) is 54.6 Å². The first kappa shape index (κ1) is 13.3. The van der Waals surface area contributed by atoms with E-state index in [9.17, 15) is 4.79 Å². The maximum atomic E-state index is 9.21. The lowest BCUT2D eigenvalue weighted by molar-refractivity contribution is -0.109. The number of phenolic OH excluding ortho intramolecular Hbond substituents is 1. The average Bonchev–Trinajstić information content (AvgIpc) is 2.30. The molecule has 0 radical (unpaired) electrons. The Morgan fingerprint density at radius 2 is 1.35 bits per heavy atom. The Morgan fingerprint density at radius 1 is 0.941 bits per heavy atom. The monoisotopic (exact) mass is 248 g/mol. The zero-order valence-corrected chi connectivity index (χ0v) is 10.2. The zero-order valence-electron chi connectivity index (χ0n) is 9.43. The third kappa shape index (κ3) is 5.18. The molecule has 0 bridgehead atoms. The molecule has 1 N–H and O–H groups in total. The minimum Gasteiger partial charge on any atom is -0.508 e. The molecule has 0 atom stereocenters. The fourth-order valence-corrected chi connectivity index (χ4v) is 1.28. The van der Waals surface area contributed by atoms with Gasteiger partial charge in [-0.2, -0.15) is 0 Å². The van der Waals surface area contributed by atoms with E-state index in [1.54, 1.807) is 12.1 Å². The number of hydrogen-bond donors (Lipinski definition) is 1. The number of carbonyl (C=O) groups is 1. The van der Waals surface area contributed by atoms with Crippen LogP contribution in [0.5, 0.6) is 5.75 Å². The molecule has 2 rings (SSSR count). The summed E-state index contributed by atoms with van der Waals surface area (Å²) in [4.78, 5) is 9.21. The highest BCUT2D eigenvalue weighted by Gasteiger charge is 1.94. The number of carbonyl (C=O) groups excluding carboxylic acids is 1. The number of benzene rings is 2. The molecule has 2 aromatic rings. The van der Waals surface area contributed by atoms with Crippen LogP contribution < -0.4 is 0 Å². The highest BCUT2D eigenvalue weighted by Crippen LogP contribution is 2.20. The Bertz CT molecular complexity index is 459. The summed E-state index contributed by atoms with van der Waals surface area (Å²) in [6.45, 7) is 1.29. The van der Waals surface area contributed by atoms with Crippen molar-refractivity contribution in [2.45, 2.75) is 6.92 Å². The number of phenols is 1. The summed E-state index contributed by atoms with van der Waals surface area (Å²) in [7, 11) is 0. The predicted molar refractivity (Wildman–Crippen MR) is 70.1 cm³/mol. The van der Waals surface area contributed by atoms with Gasteiger partial charge in [0, 0.05) is 6.92 Å². The molecule has 0 spiro atoms. The van der Waals surface area contributed by atoms with Gasteiger partial charge in [0.05, 0.1) is 0 Å². The fraction of sp³-hybridized carbons (Fsp3) is 0.0714. The lowest BCUT2D eigenvalue weighted by Crippen LogP contribution is -1.74.